The fraction of sp³-hybridized carbons (Fsp3) is 0.143. The third-order valence-electron chi connectivity index (χ3n) is 4.30. The summed E-state index contributed by atoms with van der Waals surface area (Å²) in [5, 5.41) is 9.06. The first-order valence-corrected chi connectivity index (χ1v) is 9.51. The van der Waals surface area contributed by atoms with Crippen molar-refractivity contribution in [2.75, 3.05) is 10.6 Å². The van der Waals surface area contributed by atoms with E-state index in [0.29, 0.717) is 0 Å². The van der Waals surface area contributed by atoms with Crippen LogP contribution in [-0.4, -0.2) is 21.6 Å². The van der Waals surface area contributed by atoms with Gasteiger partial charge in [-0.15, -0.1) is 0 Å². The number of hydrogen-bond acceptors (Lipinski definition) is 4. The normalized spacial score (nSPS) is 11.2. The molecule has 0 saturated heterocycles. The molecule has 166 valence electrons. The lowest BCUT2D eigenvalue weighted by Gasteiger charge is -2.17. The standard InChI is InChI=1S/C21H16ClF3N4O3/c1-11-9-18(31)19(28-29(11)17-6-4-3-5-14(17)21(23,24)25)20(32)27-16-10-13(22)7-8-15(16)26-12(2)30/h3-10H,1-2H3,(H,26,30)(H,27,32). The number of amides is 2. The van der Waals surface area contributed by atoms with Crippen LogP contribution in [0, 0.1) is 6.92 Å². The number of carbonyl (C=O) groups is 2. The number of benzene rings is 2. The van der Waals surface area contributed by atoms with E-state index >= 15 is 0 Å². The van der Waals surface area contributed by atoms with Crippen LogP contribution in [0.3, 0.4) is 0 Å². The molecule has 3 aromatic rings. The summed E-state index contributed by atoms with van der Waals surface area (Å²) in [7, 11) is 0. The number of alkyl halides is 3. The van der Waals surface area contributed by atoms with Crippen molar-refractivity contribution in [3.8, 4) is 5.69 Å². The van der Waals surface area contributed by atoms with E-state index in [9.17, 15) is 27.6 Å². The van der Waals surface area contributed by atoms with E-state index < -0.39 is 34.7 Å². The lowest BCUT2D eigenvalue weighted by atomic mass is 10.1. The summed E-state index contributed by atoms with van der Waals surface area (Å²) < 4.78 is 41.2. The van der Waals surface area contributed by atoms with E-state index in [4.69, 9.17) is 11.6 Å². The molecule has 0 saturated carbocycles. The highest BCUT2D eigenvalue weighted by Gasteiger charge is 2.34. The zero-order valence-corrected chi connectivity index (χ0v) is 17.5. The van der Waals surface area contributed by atoms with Gasteiger partial charge < -0.3 is 10.6 Å². The van der Waals surface area contributed by atoms with Gasteiger partial charge in [0.15, 0.2) is 5.69 Å². The summed E-state index contributed by atoms with van der Waals surface area (Å²) in [6.07, 6.45) is -4.68. The zero-order chi connectivity index (χ0) is 23.6. The van der Waals surface area contributed by atoms with Crippen molar-refractivity contribution in [2.24, 2.45) is 0 Å². The SMILES string of the molecule is CC(=O)Nc1ccc(Cl)cc1NC(=O)c1nn(-c2ccccc2C(F)(F)F)c(C)cc1=O. The number of aromatic nitrogens is 2. The van der Waals surface area contributed by atoms with E-state index in [1.54, 1.807) is 0 Å². The van der Waals surface area contributed by atoms with Crippen LogP contribution < -0.4 is 16.1 Å². The highest BCUT2D eigenvalue weighted by molar-refractivity contribution is 6.31. The maximum Gasteiger partial charge on any atom is 0.418 e. The second kappa shape index (κ2) is 8.83. The van der Waals surface area contributed by atoms with Crippen molar-refractivity contribution < 1.29 is 22.8 Å². The van der Waals surface area contributed by atoms with Crippen LogP contribution >= 0.6 is 11.6 Å². The lowest BCUT2D eigenvalue weighted by Crippen LogP contribution is -2.28. The van der Waals surface area contributed by atoms with Gasteiger partial charge in [-0.1, -0.05) is 23.7 Å². The molecule has 0 aliphatic rings. The van der Waals surface area contributed by atoms with Crippen molar-refractivity contribution in [3.63, 3.8) is 0 Å². The topological polar surface area (TPSA) is 93.1 Å². The summed E-state index contributed by atoms with van der Waals surface area (Å²) in [5.41, 5.74) is -2.34. The lowest BCUT2D eigenvalue weighted by molar-refractivity contribution is -0.137. The van der Waals surface area contributed by atoms with Gasteiger partial charge in [-0.05, 0) is 37.3 Å². The number of para-hydroxylation sites is 1. The van der Waals surface area contributed by atoms with Gasteiger partial charge in [-0.25, -0.2) is 4.68 Å². The molecule has 11 heteroatoms. The molecule has 0 unspecified atom stereocenters. The number of halogens is 4. The molecule has 0 aliphatic carbocycles. The second-order valence-electron chi connectivity index (χ2n) is 6.75. The summed E-state index contributed by atoms with van der Waals surface area (Å²) in [6, 6.07) is 9.95. The minimum atomic E-state index is -4.68. The number of hydrogen-bond donors (Lipinski definition) is 2. The average molecular weight is 465 g/mol. The minimum Gasteiger partial charge on any atom is -0.325 e. The van der Waals surface area contributed by atoms with Crippen molar-refractivity contribution in [1.29, 1.82) is 0 Å². The van der Waals surface area contributed by atoms with Crippen LogP contribution in [0.2, 0.25) is 5.02 Å². The monoisotopic (exact) mass is 464 g/mol. The van der Waals surface area contributed by atoms with Crippen LogP contribution in [0.15, 0.2) is 53.3 Å². The van der Waals surface area contributed by atoms with Crippen molar-refractivity contribution in [3.05, 3.63) is 80.7 Å². The van der Waals surface area contributed by atoms with Crippen molar-refractivity contribution in [1.82, 2.24) is 9.78 Å². The molecule has 0 fully saturated rings. The molecular formula is C21H16ClF3N4O3. The highest BCUT2D eigenvalue weighted by atomic mass is 35.5. The van der Waals surface area contributed by atoms with E-state index in [-0.39, 0.29) is 27.8 Å². The van der Waals surface area contributed by atoms with Gasteiger partial charge in [-0.2, -0.15) is 18.3 Å². The Morgan fingerprint density at radius 3 is 2.38 bits per heavy atom. The number of nitrogens with zero attached hydrogens (tertiary/aromatic N) is 2. The van der Waals surface area contributed by atoms with Crippen LogP contribution in [0.4, 0.5) is 24.5 Å². The summed E-state index contributed by atoms with van der Waals surface area (Å²) in [5.74, 6) is -1.40. The molecule has 0 aliphatic heterocycles. The van der Waals surface area contributed by atoms with E-state index in [0.717, 1.165) is 16.8 Å². The fourth-order valence-electron chi connectivity index (χ4n) is 2.95. The predicted octanol–water partition coefficient (Wildman–Crippen LogP) is 4.42. The van der Waals surface area contributed by atoms with Gasteiger partial charge in [0.2, 0.25) is 11.3 Å². The van der Waals surface area contributed by atoms with Crippen LogP contribution in [0.25, 0.3) is 5.69 Å². The molecule has 1 heterocycles. The van der Waals surface area contributed by atoms with Gasteiger partial charge in [-0.3, -0.25) is 14.4 Å². The molecule has 0 bridgehead atoms. The highest BCUT2D eigenvalue weighted by Crippen LogP contribution is 2.33. The first-order valence-electron chi connectivity index (χ1n) is 9.13. The number of rotatable bonds is 4. The third-order valence-corrected chi connectivity index (χ3v) is 4.54. The number of anilines is 2. The zero-order valence-electron chi connectivity index (χ0n) is 16.7. The Morgan fingerprint density at radius 1 is 1.03 bits per heavy atom. The predicted molar refractivity (Wildman–Crippen MR) is 113 cm³/mol. The molecular weight excluding hydrogens is 449 g/mol. The molecule has 3 rings (SSSR count). The molecule has 2 amide bonds. The number of aryl methyl sites for hydroxylation is 1. The first kappa shape index (κ1) is 23.0. The smallest absolute Gasteiger partial charge is 0.325 e. The molecule has 0 atom stereocenters. The van der Waals surface area contributed by atoms with E-state index in [1.807, 2.05) is 0 Å². The fourth-order valence-corrected chi connectivity index (χ4v) is 3.12. The number of nitrogens with one attached hydrogen (secondary N) is 2. The Hall–Kier alpha value is -3.66. The maximum atomic E-state index is 13.4. The van der Waals surface area contributed by atoms with Gasteiger partial charge in [0.1, 0.15) is 0 Å². The second-order valence-corrected chi connectivity index (χ2v) is 7.19. The molecule has 7 nitrogen and oxygen atoms in total. The Balaban J connectivity index is 2.07. The Labute approximate surface area is 184 Å². The Kier molecular flexibility index (Phi) is 6.35. The molecule has 32 heavy (non-hydrogen) atoms. The van der Waals surface area contributed by atoms with Gasteiger partial charge >= 0.3 is 6.18 Å². The number of carbonyl (C=O) groups excluding carboxylic acids is 2. The molecule has 1 aromatic heterocycles. The quantitative estimate of drug-likeness (QED) is 0.597. The summed E-state index contributed by atoms with van der Waals surface area (Å²) in [4.78, 5) is 36.6. The van der Waals surface area contributed by atoms with Gasteiger partial charge in [0.25, 0.3) is 5.91 Å². The molecule has 0 spiro atoms. The van der Waals surface area contributed by atoms with Crippen LogP contribution in [-0.2, 0) is 11.0 Å². The summed E-state index contributed by atoms with van der Waals surface area (Å²) in [6.45, 7) is 2.66. The van der Waals surface area contributed by atoms with Crippen LogP contribution in [0.1, 0.15) is 28.7 Å². The van der Waals surface area contributed by atoms with Crippen LogP contribution in [0.5, 0.6) is 0 Å². The molecule has 0 radical (unpaired) electrons. The van der Waals surface area contributed by atoms with E-state index in [1.165, 1.54) is 50.2 Å². The molecule has 2 N–H and O–H groups in total. The van der Waals surface area contributed by atoms with Gasteiger partial charge in [0.05, 0.1) is 22.6 Å². The molecule has 2 aromatic carbocycles. The maximum absolute atomic E-state index is 13.4. The third kappa shape index (κ3) is 4.97. The Bertz CT molecular complexity index is 1270. The van der Waals surface area contributed by atoms with Gasteiger partial charge in [0, 0.05) is 23.7 Å². The average Bonchev–Trinajstić information content (AvgIpc) is 2.69. The minimum absolute atomic E-state index is 0.0849. The first-order chi connectivity index (χ1) is 15.0. The largest absolute Gasteiger partial charge is 0.418 e. The Morgan fingerprint density at radius 2 is 1.72 bits per heavy atom. The van der Waals surface area contributed by atoms with Crippen molar-refractivity contribution in [2.45, 2.75) is 20.0 Å². The van der Waals surface area contributed by atoms with Crippen molar-refractivity contribution >= 4 is 34.8 Å². The summed E-state index contributed by atoms with van der Waals surface area (Å²) >= 11 is 5.95. The van der Waals surface area contributed by atoms with E-state index in [2.05, 4.69) is 15.7 Å².